The highest BCUT2D eigenvalue weighted by molar-refractivity contribution is 6.30. The summed E-state index contributed by atoms with van der Waals surface area (Å²) in [4.78, 5) is 25.5. The smallest absolute Gasteiger partial charge is 0.277 e. The van der Waals surface area contributed by atoms with E-state index in [9.17, 15) is 9.59 Å². The van der Waals surface area contributed by atoms with Gasteiger partial charge in [-0.1, -0.05) is 23.7 Å². The zero-order chi connectivity index (χ0) is 18.2. The highest BCUT2D eigenvalue weighted by atomic mass is 35.5. The Morgan fingerprint density at radius 3 is 2.64 bits per heavy atom. The van der Waals surface area contributed by atoms with Crippen LogP contribution in [-0.4, -0.2) is 36.9 Å². The van der Waals surface area contributed by atoms with Crippen molar-refractivity contribution < 1.29 is 19.3 Å². The van der Waals surface area contributed by atoms with Gasteiger partial charge in [0.25, 0.3) is 5.91 Å². The number of rotatable bonds is 8. The van der Waals surface area contributed by atoms with Gasteiger partial charge in [-0.15, -0.1) is 0 Å². The molecule has 6 nitrogen and oxygen atoms in total. The Morgan fingerprint density at radius 2 is 2.00 bits per heavy atom. The van der Waals surface area contributed by atoms with E-state index in [4.69, 9.17) is 16.0 Å². The summed E-state index contributed by atoms with van der Waals surface area (Å²) in [6.07, 6.45) is 1.55. The van der Waals surface area contributed by atoms with Gasteiger partial charge in [0.15, 0.2) is 6.54 Å². The van der Waals surface area contributed by atoms with Crippen LogP contribution >= 0.6 is 11.6 Å². The number of likely N-dealkylation sites (N-methyl/N-ethyl adjacent to an activating group) is 1. The first kappa shape index (κ1) is 19.0. The van der Waals surface area contributed by atoms with E-state index < -0.39 is 0 Å². The summed E-state index contributed by atoms with van der Waals surface area (Å²) in [5.41, 5.74) is 1.09. The minimum atomic E-state index is -0.224. The fraction of sp³-hybridized carbons (Fsp3) is 0.333. The molecule has 0 unspecified atom stereocenters. The number of carbonyl (C=O) groups excluding carboxylic acids is 2. The lowest BCUT2D eigenvalue weighted by Gasteiger charge is -2.17. The number of benzene rings is 1. The molecule has 0 saturated carbocycles. The van der Waals surface area contributed by atoms with Crippen LogP contribution < -0.4 is 10.6 Å². The molecule has 2 rings (SSSR count). The summed E-state index contributed by atoms with van der Waals surface area (Å²) in [5.74, 6) is 0.347. The third kappa shape index (κ3) is 6.25. The molecule has 0 radical (unpaired) electrons. The minimum Gasteiger partial charge on any atom is -0.467 e. The van der Waals surface area contributed by atoms with Crippen molar-refractivity contribution >= 4 is 23.4 Å². The number of furan rings is 1. The Kier molecular flexibility index (Phi) is 7.03. The Balaban J connectivity index is 1.72. The molecule has 0 aliphatic carbocycles. The third-order valence-electron chi connectivity index (χ3n) is 3.89. The number of nitrogens with zero attached hydrogens (tertiary/aromatic N) is 1. The van der Waals surface area contributed by atoms with Crippen LogP contribution in [0, 0.1) is 0 Å². The molecule has 1 aromatic heterocycles. The lowest BCUT2D eigenvalue weighted by molar-refractivity contribution is -0.683. The first-order valence-corrected chi connectivity index (χ1v) is 8.45. The average molecular weight is 365 g/mol. The Hall–Kier alpha value is -2.31. The predicted molar refractivity (Wildman–Crippen MR) is 94.9 cm³/mol. The molecule has 0 aliphatic rings. The number of nitrogens with two attached hydrogens (primary N) is 1. The Bertz CT molecular complexity index is 686. The molecule has 2 aromatic rings. The summed E-state index contributed by atoms with van der Waals surface area (Å²) >= 11 is 5.88. The number of halogens is 1. The van der Waals surface area contributed by atoms with Gasteiger partial charge >= 0.3 is 0 Å². The largest absolute Gasteiger partial charge is 0.467 e. The fourth-order valence-electron chi connectivity index (χ4n) is 2.29. The molecule has 1 atom stereocenters. The molecule has 0 spiro atoms. The fourth-order valence-corrected chi connectivity index (χ4v) is 2.42. The second kappa shape index (κ2) is 9.25. The van der Waals surface area contributed by atoms with Crippen molar-refractivity contribution in [3.8, 4) is 0 Å². The van der Waals surface area contributed by atoms with Gasteiger partial charge in [-0.05, 0) is 31.2 Å². The van der Waals surface area contributed by atoms with E-state index in [1.807, 2.05) is 36.5 Å². The van der Waals surface area contributed by atoms with Gasteiger partial charge in [-0.3, -0.25) is 9.59 Å². The van der Waals surface area contributed by atoms with Crippen molar-refractivity contribution in [1.29, 1.82) is 0 Å². The van der Waals surface area contributed by atoms with E-state index >= 15 is 0 Å². The molecule has 0 fully saturated rings. The number of quaternary nitrogens is 1. The molecule has 0 bridgehead atoms. The lowest BCUT2D eigenvalue weighted by Crippen LogP contribution is -2.87. The normalized spacial score (nSPS) is 11.8. The quantitative estimate of drug-likeness (QED) is 0.741. The van der Waals surface area contributed by atoms with Crippen molar-refractivity contribution in [1.82, 2.24) is 10.2 Å². The van der Waals surface area contributed by atoms with Gasteiger partial charge in [0, 0.05) is 17.6 Å². The lowest BCUT2D eigenvalue weighted by atomic mass is 10.1. The Labute approximate surface area is 152 Å². The van der Waals surface area contributed by atoms with E-state index in [1.54, 1.807) is 25.4 Å². The number of amides is 2. The standard InChI is InChI=1S/C18H22ClN3O3/c1-13(14-5-7-15(19)8-6-14)20-11-18(24)22(2)12-17(23)21-10-16-4-3-9-25-16/h3-9,13,20H,10-12H2,1-2H3,(H,21,23)/p+1/t13-/m1/s1. The van der Waals surface area contributed by atoms with Gasteiger partial charge in [-0.2, -0.15) is 0 Å². The molecule has 0 aliphatic heterocycles. The Morgan fingerprint density at radius 1 is 1.28 bits per heavy atom. The van der Waals surface area contributed by atoms with Gasteiger partial charge < -0.3 is 20.0 Å². The van der Waals surface area contributed by atoms with Crippen LogP contribution in [-0.2, 0) is 16.1 Å². The predicted octanol–water partition coefficient (Wildman–Crippen LogP) is 1.33. The maximum atomic E-state index is 12.2. The number of hydrogen-bond acceptors (Lipinski definition) is 3. The van der Waals surface area contributed by atoms with Crippen LogP contribution in [0.1, 0.15) is 24.3 Å². The van der Waals surface area contributed by atoms with E-state index in [0.29, 0.717) is 17.3 Å². The van der Waals surface area contributed by atoms with Gasteiger partial charge in [0.1, 0.15) is 11.8 Å². The summed E-state index contributed by atoms with van der Waals surface area (Å²) in [5, 5.41) is 5.34. The van der Waals surface area contributed by atoms with Gasteiger partial charge in [-0.25, -0.2) is 0 Å². The van der Waals surface area contributed by atoms with E-state index in [2.05, 4.69) is 5.32 Å². The van der Waals surface area contributed by atoms with Crippen molar-refractivity contribution in [3.05, 3.63) is 59.0 Å². The van der Waals surface area contributed by atoms with Crippen LogP contribution in [0.3, 0.4) is 0 Å². The van der Waals surface area contributed by atoms with Crippen molar-refractivity contribution in [3.63, 3.8) is 0 Å². The number of nitrogens with one attached hydrogen (secondary N) is 1. The molecule has 134 valence electrons. The summed E-state index contributed by atoms with van der Waals surface area (Å²) in [6.45, 7) is 2.62. The highest BCUT2D eigenvalue weighted by Crippen LogP contribution is 2.13. The zero-order valence-electron chi connectivity index (χ0n) is 14.4. The van der Waals surface area contributed by atoms with E-state index in [0.717, 1.165) is 5.56 Å². The van der Waals surface area contributed by atoms with Gasteiger partial charge in [0.05, 0.1) is 19.4 Å². The SMILES string of the molecule is C[C@@H]([NH2+]CC(=O)N(C)CC(=O)NCc1ccco1)c1ccc(Cl)cc1. The molecule has 1 heterocycles. The summed E-state index contributed by atoms with van der Waals surface area (Å²) < 4.78 is 5.14. The maximum absolute atomic E-state index is 12.2. The number of carbonyl (C=O) groups is 2. The van der Waals surface area contributed by atoms with Crippen LogP contribution in [0.4, 0.5) is 0 Å². The molecule has 2 amide bonds. The molecular weight excluding hydrogens is 342 g/mol. The zero-order valence-corrected chi connectivity index (χ0v) is 15.1. The van der Waals surface area contributed by atoms with Crippen molar-refractivity contribution in [2.75, 3.05) is 20.1 Å². The maximum Gasteiger partial charge on any atom is 0.277 e. The third-order valence-corrected chi connectivity index (χ3v) is 4.14. The van der Waals surface area contributed by atoms with Crippen LogP contribution in [0.2, 0.25) is 5.02 Å². The van der Waals surface area contributed by atoms with Crippen molar-refractivity contribution in [2.24, 2.45) is 0 Å². The summed E-state index contributed by atoms with van der Waals surface area (Å²) in [6, 6.07) is 11.2. The molecule has 0 saturated heterocycles. The first-order chi connectivity index (χ1) is 12.0. The first-order valence-electron chi connectivity index (χ1n) is 8.07. The average Bonchev–Trinajstić information content (AvgIpc) is 3.11. The highest BCUT2D eigenvalue weighted by Gasteiger charge is 2.17. The molecule has 7 heteroatoms. The molecule has 3 N–H and O–H groups in total. The van der Waals surface area contributed by atoms with E-state index in [-0.39, 0.29) is 30.9 Å². The van der Waals surface area contributed by atoms with Crippen LogP contribution in [0.5, 0.6) is 0 Å². The molecular formula is C18H23ClN3O3+. The second-order valence-corrected chi connectivity index (χ2v) is 6.32. The number of hydrogen-bond donors (Lipinski definition) is 2. The van der Waals surface area contributed by atoms with Crippen molar-refractivity contribution in [2.45, 2.75) is 19.5 Å². The topological polar surface area (TPSA) is 79.2 Å². The monoisotopic (exact) mass is 364 g/mol. The van der Waals surface area contributed by atoms with Gasteiger partial charge in [0.2, 0.25) is 5.91 Å². The van der Waals surface area contributed by atoms with E-state index in [1.165, 1.54) is 4.90 Å². The second-order valence-electron chi connectivity index (χ2n) is 5.89. The summed E-state index contributed by atoms with van der Waals surface area (Å²) in [7, 11) is 1.62. The van der Waals surface area contributed by atoms with Crippen LogP contribution in [0.25, 0.3) is 0 Å². The molecule has 25 heavy (non-hydrogen) atoms. The molecule has 1 aromatic carbocycles. The minimum absolute atomic E-state index is 0.0166. The van der Waals surface area contributed by atoms with Crippen LogP contribution in [0.15, 0.2) is 47.1 Å².